The van der Waals surface area contributed by atoms with Crippen molar-refractivity contribution in [3.05, 3.63) is 40.5 Å². The fourth-order valence-electron chi connectivity index (χ4n) is 3.09. The molecule has 1 atom stereocenters. The minimum Gasteiger partial charge on any atom is -0.493 e. The smallest absolute Gasteiger partial charge is 0.330 e. The second-order valence-electron chi connectivity index (χ2n) is 5.82. The van der Waals surface area contributed by atoms with Gasteiger partial charge in [0.25, 0.3) is 0 Å². The van der Waals surface area contributed by atoms with Crippen molar-refractivity contribution in [1.82, 2.24) is 5.32 Å². The zero-order chi connectivity index (χ0) is 15.7. The van der Waals surface area contributed by atoms with Gasteiger partial charge in [-0.1, -0.05) is 11.6 Å². The third-order valence-corrected chi connectivity index (χ3v) is 4.34. The van der Waals surface area contributed by atoms with Gasteiger partial charge in [-0.15, -0.1) is 0 Å². The summed E-state index contributed by atoms with van der Waals surface area (Å²) in [6, 6.07) is 4.27. The summed E-state index contributed by atoms with van der Waals surface area (Å²) >= 11 is 0. The second-order valence-corrected chi connectivity index (χ2v) is 5.82. The molecule has 1 aliphatic heterocycles. The van der Waals surface area contributed by atoms with Crippen LogP contribution in [0.1, 0.15) is 43.4 Å². The highest BCUT2D eigenvalue weighted by Crippen LogP contribution is 2.29. The number of ether oxygens (including phenoxy) is 1. The van der Waals surface area contributed by atoms with Crippen molar-refractivity contribution in [2.75, 3.05) is 6.61 Å². The predicted molar refractivity (Wildman–Crippen MR) is 80.7 cm³/mol. The maximum Gasteiger partial charge on any atom is 0.330 e. The molecule has 0 aromatic heterocycles. The van der Waals surface area contributed by atoms with Crippen molar-refractivity contribution in [2.24, 2.45) is 0 Å². The van der Waals surface area contributed by atoms with Crippen molar-refractivity contribution < 1.29 is 19.4 Å². The van der Waals surface area contributed by atoms with Crippen LogP contribution in [0, 0.1) is 0 Å². The lowest BCUT2D eigenvalue weighted by Gasteiger charge is -2.16. The first-order valence-electron chi connectivity index (χ1n) is 7.54. The van der Waals surface area contributed by atoms with Gasteiger partial charge in [0.15, 0.2) is 6.04 Å². The summed E-state index contributed by atoms with van der Waals surface area (Å²) < 4.78 is 5.43. The van der Waals surface area contributed by atoms with Crippen molar-refractivity contribution in [3.8, 4) is 5.75 Å². The van der Waals surface area contributed by atoms with Crippen molar-refractivity contribution in [2.45, 2.75) is 38.6 Å². The minimum atomic E-state index is -1.05. The van der Waals surface area contributed by atoms with Crippen LogP contribution in [0.3, 0.4) is 0 Å². The lowest BCUT2D eigenvalue weighted by atomic mass is 10.0. The van der Waals surface area contributed by atoms with Crippen molar-refractivity contribution in [3.63, 3.8) is 0 Å². The molecule has 0 bridgehead atoms. The SMILES string of the molecule is CC1=C(C(=O)NC(C(=O)O)c2ccc3c(c2)CCO3)CCC1. The number of aliphatic carboxylic acids is 1. The fourth-order valence-corrected chi connectivity index (χ4v) is 3.09. The molecule has 0 fully saturated rings. The normalized spacial score (nSPS) is 17.9. The third kappa shape index (κ3) is 2.71. The number of carbonyl (C=O) groups excluding carboxylic acids is 1. The zero-order valence-electron chi connectivity index (χ0n) is 12.5. The monoisotopic (exact) mass is 301 g/mol. The zero-order valence-corrected chi connectivity index (χ0v) is 12.5. The molecular weight excluding hydrogens is 282 g/mol. The van der Waals surface area contributed by atoms with Crippen LogP contribution in [-0.2, 0) is 16.0 Å². The Bertz CT molecular complexity index is 663. The first-order chi connectivity index (χ1) is 10.6. The molecule has 0 saturated carbocycles. The van der Waals surface area contributed by atoms with E-state index in [0.717, 1.165) is 48.1 Å². The van der Waals surface area contributed by atoms with E-state index in [1.807, 2.05) is 13.0 Å². The molecule has 5 nitrogen and oxygen atoms in total. The van der Waals surface area contributed by atoms with E-state index < -0.39 is 12.0 Å². The first-order valence-corrected chi connectivity index (χ1v) is 7.54. The first kappa shape index (κ1) is 14.6. The summed E-state index contributed by atoms with van der Waals surface area (Å²) in [6.07, 6.45) is 3.37. The Kier molecular flexibility index (Phi) is 3.88. The van der Waals surface area contributed by atoms with Gasteiger partial charge in [-0.2, -0.15) is 0 Å². The van der Waals surface area contributed by atoms with Crippen molar-refractivity contribution >= 4 is 11.9 Å². The van der Waals surface area contributed by atoms with E-state index in [4.69, 9.17) is 4.74 Å². The molecular formula is C17H19NO4. The van der Waals surface area contributed by atoms with E-state index in [9.17, 15) is 14.7 Å². The number of rotatable bonds is 4. The van der Waals surface area contributed by atoms with E-state index in [-0.39, 0.29) is 5.91 Å². The number of allylic oxidation sites excluding steroid dienone is 1. The Balaban J connectivity index is 1.83. The molecule has 1 amide bonds. The molecule has 3 rings (SSSR count). The number of hydrogen-bond acceptors (Lipinski definition) is 3. The van der Waals surface area contributed by atoms with E-state index in [1.54, 1.807) is 12.1 Å². The number of amides is 1. The van der Waals surface area contributed by atoms with E-state index in [1.165, 1.54) is 0 Å². The predicted octanol–water partition coefficient (Wildman–Crippen LogP) is 2.36. The molecule has 1 aromatic rings. The quantitative estimate of drug-likeness (QED) is 0.895. The Morgan fingerprint density at radius 3 is 2.77 bits per heavy atom. The topological polar surface area (TPSA) is 75.6 Å². The van der Waals surface area contributed by atoms with Gasteiger partial charge in [0.05, 0.1) is 6.61 Å². The number of fused-ring (bicyclic) bond motifs is 1. The van der Waals surface area contributed by atoms with E-state index in [0.29, 0.717) is 12.2 Å². The Hall–Kier alpha value is -2.30. The van der Waals surface area contributed by atoms with Crippen LogP contribution in [0.2, 0.25) is 0 Å². The Labute approximate surface area is 129 Å². The lowest BCUT2D eigenvalue weighted by Crippen LogP contribution is -2.34. The van der Waals surface area contributed by atoms with Crippen LogP contribution in [0.15, 0.2) is 29.3 Å². The molecule has 0 radical (unpaired) electrons. The summed E-state index contributed by atoms with van der Waals surface area (Å²) in [4.78, 5) is 23.9. The number of carboxylic acid groups (broad SMARTS) is 1. The van der Waals surface area contributed by atoms with Crippen LogP contribution in [0.5, 0.6) is 5.75 Å². The number of nitrogens with one attached hydrogen (secondary N) is 1. The van der Waals surface area contributed by atoms with Gasteiger partial charge in [0.1, 0.15) is 5.75 Å². The van der Waals surface area contributed by atoms with Gasteiger partial charge >= 0.3 is 5.97 Å². The van der Waals surface area contributed by atoms with Gasteiger partial charge in [-0.05, 0) is 49.4 Å². The lowest BCUT2D eigenvalue weighted by molar-refractivity contribution is -0.141. The number of carbonyl (C=O) groups is 2. The van der Waals surface area contributed by atoms with Crippen LogP contribution in [-0.4, -0.2) is 23.6 Å². The summed E-state index contributed by atoms with van der Waals surface area (Å²) in [5, 5.41) is 12.1. The van der Waals surface area contributed by atoms with Gasteiger partial charge in [0.2, 0.25) is 5.91 Å². The average molecular weight is 301 g/mol. The Morgan fingerprint density at radius 1 is 1.27 bits per heavy atom. The molecule has 2 N–H and O–H groups in total. The molecule has 22 heavy (non-hydrogen) atoms. The molecule has 1 aliphatic carbocycles. The van der Waals surface area contributed by atoms with E-state index in [2.05, 4.69) is 5.32 Å². The molecule has 1 aromatic carbocycles. The molecule has 116 valence electrons. The van der Waals surface area contributed by atoms with Crippen molar-refractivity contribution in [1.29, 1.82) is 0 Å². The van der Waals surface area contributed by atoms with Gasteiger partial charge in [-0.3, -0.25) is 4.79 Å². The van der Waals surface area contributed by atoms with Gasteiger partial charge in [0, 0.05) is 12.0 Å². The molecule has 5 heteroatoms. The van der Waals surface area contributed by atoms with Gasteiger partial charge in [-0.25, -0.2) is 4.79 Å². The standard InChI is InChI=1S/C17H19NO4/c1-10-3-2-4-13(10)16(19)18-15(17(20)21)12-5-6-14-11(9-12)7-8-22-14/h5-6,9,15H,2-4,7-8H2,1H3,(H,18,19)(H,20,21). The summed E-state index contributed by atoms with van der Waals surface area (Å²) in [7, 11) is 0. The summed E-state index contributed by atoms with van der Waals surface area (Å²) in [5.74, 6) is -0.517. The van der Waals surface area contributed by atoms with Gasteiger partial charge < -0.3 is 15.2 Å². The number of benzene rings is 1. The largest absolute Gasteiger partial charge is 0.493 e. The third-order valence-electron chi connectivity index (χ3n) is 4.34. The van der Waals surface area contributed by atoms with Crippen LogP contribution in [0.25, 0.3) is 0 Å². The highest BCUT2D eigenvalue weighted by molar-refractivity contribution is 5.97. The van der Waals surface area contributed by atoms with Crippen LogP contribution >= 0.6 is 0 Å². The maximum absolute atomic E-state index is 12.3. The maximum atomic E-state index is 12.3. The molecule has 0 saturated heterocycles. The highest BCUT2D eigenvalue weighted by atomic mass is 16.5. The summed E-state index contributed by atoms with van der Waals surface area (Å²) in [6.45, 7) is 2.55. The van der Waals surface area contributed by atoms with Crippen LogP contribution in [0.4, 0.5) is 0 Å². The Morgan fingerprint density at radius 2 is 2.09 bits per heavy atom. The molecule has 2 aliphatic rings. The molecule has 1 heterocycles. The van der Waals surface area contributed by atoms with Crippen LogP contribution < -0.4 is 10.1 Å². The average Bonchev–Trinajstić information content (AvgIpc) is 3.11. The number of hydrogen-bond donors (Lipinski definition) is 2. The second kappa shape index (κ2) is 5.83. The van der Waals surface area contributed by atoms with E-state index >= 15 is 0 Å². The molecule has 0 spiro atoms. The molecule has 1 unspecified atom stereocenters. The number of carboxylic acids is 1. The highest BCUT2D eigenvalue weighted by Gasteiger charge is 2.27. The summed E-state index contributed by atoms with van der Waals surface area (Å²) in [5.41, 5.74) is 3.37. The fraction of sp³-hybridized carbons (Fsp3) is 0.412. The minimum absolute atomic E-state index is 0.265.